The highest BCUT2D eigenvalue weighted by Gasteiger charge is 2.18. The molecule has 3 heterocycles. The quantitative estimate of drug-likeness (QED) is 0.657. The molecule has 0 radical (unpaired) electrons. The number of hydrogen-bond donors (Lipinski definition) is 3. The maximum Gasteiger partial charge on any atom is 0.250 e. The van der Waals surface area contributed by atoms with Gasteiger partial charge in [-0.25, -0.2) is 18.1 Å². The van der Waals surface area contributed by atoms with E-state index in [9.17, 15) is 13.5 Å². The number of aromatic amines is 1. The van der Waals surface area contributed by atoms with Gasteiger partial charge in [-0.15, -0.1) is 11.3 Å². The summed E-state index contributed by atoms with van der Waals surface area (Å²) < 4.78 is 27.1. The summed E-state index contributed by atoms with van der Waals surface area (Å²) in [5.41, 5.74) is 2.73. The normalized spacial score (nSPS) is 13.5. The van der Waals surface area contributed by atoms with Gasteiger partial charge in [0.25, 0.3) is 0 Å². The molecule has 23 heavy (non-hydrogen) atoms. The molecule has 0 saturated carbocycles. The summed E-state index contributed by atoms with van der Waals surface area (Å²) in [6.07, 6.45) is 0.972. The van der Waals surface area contributed by atoms with Crippen LogP contribution in [0, 0.1) is 6.92 Å². The van der Waals surface area contributed by atoms with Crippen molar-refractivity contribution in [2.75, 3.05) is 6.54 Å². The fourth-order valence-corrected chi connectivity index (χ4v) is 4.80. The minimum absolute atomic E-state index is 0.00786. The largest absolute Gasteiger partial charge is 0.392 e. The number of pyridine rings is 1. The van der Waals surface area contributed by atoms with Gasteiger partial charge in [0.2, 0.25) is 10.0 Å². The fraction of sp³-hybridized carbons (Fsp3) is 0.267. The first-order valence-electron chi connectivity index (χ1n) is 7.09. The molecule has 122 valence electrons. The summed E-state index contributed by atoms with van der Waals surface area (Å²) in [5.74, 6) is 0. The highest BCUT2D eigenvalue weighted by molar-refractivity contribution is 7.91. The number of sulfonamides is 1. The smallest absolute Gasteiger partial charge is 0.250 e. The van der Waals surface area contributed by atoms with Crippen LogP contribution in [0.1, 0.15) is 12.6 Å². The van der Waals surface area contributed by atoms with Gasteiger partial charge in [0.1, 0.15) is 9.86 Å². The second-order valence-electron chi connectivity index (χ2n) is 5.39. The Labute approximate surface area is 138 Å². The van der Waals surface area contributed by atoms with E-state index in [0.29, 0.717) is 0 Å². The molecule has 0 spiro atoms. The average molecular weight is 351 g/mol. The van der Waals surface area contributed by atoms with Crippen LogP contribution in [-0.2, 0) is 10.0 Å². The number of fused-ring (bicyclic) bond motifs is 1. The molecular weight excluding hydrogens is 334 g/mol. The Morgan fingerprint density at radius 3 is 2.91 bits per heavy atom. The van der Waals surface area contributed by atoms with Crippen LogP contribution in [0.15, 0.2) is 34.7 Å². The number of aliphatic hydroxyl groups is 1. The highest BCUT2D eigenvalue weighted by atomic mass is 32.2. The third kappa shape index (κ3) is 3.30. The Morgan fingerprint density at radius 1 is 1.39 bits per heavy atom. The zero-order valence-electron chi connectivity index (χ0n) is 12.7. The molecule has 0 aliphatic carbocycles. The second kappa shape index (κ2) is 6.04. The van der Waals surface area contributed by atoms with E-state index in [0.717, 1.165) is 27.2 Å². The van der Waals surface area contributed by atoms with Crippen LogP contribution in [0.4, 0.5) is 0 Å². The molecule has 0 saturated heterocycles. The van der Waals surface area contributed by atoms with Crippen LogP contribution in [0.2, 0.25) is 0 Å². The van der Waals surface area contributed by atoms with E-state index in [4.69, 9.17) is 0 Å². The van der Waals surface area contributed by atoms with Gasteiger partial charge >= 0.3 is 0 Å². The van der Waals surface area contributed by atoms with E-state index in [2.05, 4.69) is 14.7 Å². The number of H-pyrrole nitrogens is 1. The number of hydrogen-bond acceptors (Lipinski definition) is 5. The Bertz CT molecular complexity index is 942. The number of aromatic nitrogens is 2. The van der Waals surface area contributed by atoms with Crippen LogP contribution < -0.4 is 4.72 Å². The van der Waals surface area contributed by atoms with Crippen molar-refractivity contribution in [3.8, 4) is 10.4 Å². The number of aliphatic hydroxyl groups excluding tert-OH is 1. The molecule has 0 aromatic carbocycles. The lowest BCUT2D eigenvalue weighted by Gasteiger charge is -2.06. The first-order chi connectivity index (χ1) is 10.9. The third-order valence-corrected chi connectivity index (χ3v) is 6.38. The molecule has 1 atom stereocenters. The Morgan fingerprint density at radius 2 is 2.17 bits per heavy atom. The maximum atomic E-state index is 12.2. The van der Waals surface area contributed by atoms with Gasteiger partial charge in [0.15, 0.2) is 0 Å². The summed E-state index contributed by atoms with van der Waals surface area (Å²) in [7, 11) is -3.61. The summed E-state index contributed by atoms with van der Waals surface area (Å²) in [6, 6.07) is 7.24. The van der Waals surface area contributed by atoms with Gasteiger partial charge in [-0.2, -0.15) is 0 Å². The van der Waals surface area contributed by atoms with Crippen molar-refractivity contribution < 1.29 is 13.5 Å². The zero-order valence-corrected chi connectivity index (χ0v) is 14.3. The van der Waals surface area contributed by atoms with Crippen molar-refractivity contribution in [3.05, 3.63) is 36.2 Å². The molecule has 8 heteroatoms. The molecule has 1 unspecified atom stereocenters. The number of nitrogens with one attached hydrogen (secondary N) is 2. The monoisotopic (exact) mass is 351 g/mol. The number of nitrogens with zero attached hydrogens (tertiary/aromatic N) is 1. The van der Waals surface area contributed by atoms with Crippen molar-refractivity contribution >= 4 is 32.4 Å². The standard InChI is InChI=1S/C15H17N3O3S2/c1-9-7-12-11(5-6-16-15(12)18-9)13-3-4-14(22-13)23(20,21)17-8-10(2)19/h3-7,10,17,19H,8H2,1-2H3,(H,16,18). The molecule has 3 aromatic rings. The minimum atomic E-state index is -3.61. The first kappa shape index (κ1) is 16.1. The first-order valence-corrected chi connectivity index (χ1v) is 9.39. The van der Waals surface area contributed by atoms with Gasteiger partial charge in [0, 0.05) is 34.3 Å². The van der Waals surface area contributed by atoms with Crippen molar-refractivity contribution in [2.24, 2.45) is 0 Å². The zero-order chi connectivity index (χ0) is 16.6. The number of thiophene rings is 1. The Hall–Kier alpha value is -1.74. The lowest BCUT2D eigenvalue weighted by molar-refractivity contribution is 0.198. The Kier molecular flexibility index (Phi) is 4.24. The summed E-state index contributed by atoms with van der Waals surface area (Å²) >= 11 is 1.19. The predicted octanol–water partition coefficient (Wildman–Crippen LogP) is 2.26. The van der Waals surface area contributed by atoms with Gasteiger partial charge in [-0.1, -0.05) is 0 Å². The molecule has 3 N–H and O–H groups in total. The van der Waals surface area contributed by atoms with E-state index in [-0.39, 0.29) is 10.8 Å². The highest BCUT2D eigenvalue weighted by Crippen LogP contribution is 2.34. The van der Waals surface area contributed by atoms with Gasteiger partial charge < -0.3 is 10.1 Å². The van der Waals surface area contributed by atoms with Crippen molar-refractivity contribution in [1.29, 1.82) is 0 Å². The van der Waals surface area contributed by atoms with E-state index in [1.807, 2.05) is 19.1 Å². The third-order valence-electron chi connectivity index (χ3n) is 3.35. The van der Waals surface area contributed by atoms with Crippen LogP contribution in [-0.4, -0.2) is 36.1 Å². The molecule has 0 fully saturated rings. The number of aryl methyl sites for hydroxylation is 1. The minimum Gasteiger partial charge on any atom is -0.392 e. The van der Waals surface area contributed by atoms with Crippen molar-refractivity contribution in [2.45, 2.75) is 24.2 Å². The summed E-state index contributed by atoms with van der Waals surface area (Å²) in [5, 5.41) is 10.2. The van der Waals surface area contributed by atoms with Crippen molar-refractivity contribution in [1.82, 2.24) is 14.7 Å². The predicted molar refractivity (Wildman–Crippen MR) is 91.0 cm³/mol. The van der Waals surface area contributed by atoms with Crippen LogP contribution >= 0.6 is 11.3 Å². The molecule has 0 amide bonds. The van der Waals surface area contributed by atoms with E-state index in [1.54, 1.807) is 18.3 Å². The van der Waals surface area contributed by atoms with E-state index < -0.39 is 16.1 Å². The Balaban J connectivity index is 1.98. The average Bonchev–Trinajstić information content (AvgIpc) is 3.10. The molecule has 3 aromatic heterocycles. The molecule has 0 bridgehead atoms. The summed E-state index contributed by atoms with van der Waals surface area (Å²) in [4.78, 5) is 8.31. The molecule has 0 aliphatic rings. The van der Waals surface area contributed by atoms with Gasteiger partial charge in [-0.05, 0) is 38.1 Å². The van der Waals surface area contributed by atoms with Gasteiger partial charge in [-0.3, -0.25) is 0 Å². The van der Waals surface area contributed by atoms with E-state index in [1.165, 1.54) is 18.3 Å². The lowest BCUT2D eigenvalue weighted by atomic mass is 10.1. The van der Waals surface area contributed by atoms with Crippen LogP contribution in [0.5, 0.6) is 0 Å². The van der Waals surface area contributed by atoms with Crippen molar-refractivity contribution in [3.63, 3.8) is 0 Å². The maximum absolute atomic E-state index is 12.2. The lowest BCUT2D eigenvalue weighted by Crippen LogP contribution is -2.30. The summed E-state index contributed by atoms with van der Waals surface area (Å²) in [6.45, 7) is 3.48. The van der Waals surface area contributed by atoms with E-state index >= 15 is 0 Å². The van der Waals surface area contributed by atoms with Gasteiger partial charge in [0.05, 0.1) is 6.10 Å². The molecular formula is C15H17N3O3S2. The topological polar surface area (TPSA) is 95.1 Å². The number of rotatable bonds is 5. The SMILES string of the molecule is Cc1cc2c(-c3ccc(S(=O)(=O)NCC(C)O)s3)ccnc2[nH]1. The van der Waals surface area contributed by atoms with Crippen LogP contribution in [0.25, 0.3) is 21.5 Å². The fourth-order valence-electron chi connectivity index (χ4n) is 2.28. The molecule has 0 aliphatic heterocycles. The molecule has 3 rings (SSSR count). The second-order valence-corrected chi connectivity index (χ2v) is 8.47. The molecule has 6 nitrogen and oxygen atoms in total. The van der Waals surface area contributed by atoms with Crippen LogP contribution in [0.3, 0.4) is 0 Å².